The Kier molecular flexibility index (Phi) is 4.47. The Bertz CT molecular complexity index is 465. The molecule has 0 saturated carbocycles. The molecule has 1 N–H and O–H groups in total. The standard InChI is InChI=1S/C14H18N2O2S/c1-15-13(17)10-6-8-16(9-7-10)14(18)11-2-4-12(19)5-3-11/h2-5,10,19H,6-9H2,1H3,(H,15,17). The number of thiol groups is 1. The highest BCUT2D eigenvalue weighted by Gasteiger charge is 2.27. The van der Waals surface area contributed by atoms with Gasteiger partial charge in [-0.05, 0) is 37.1 Å². The fourth-order valence-electron chi connectivity index (χ4n) is 2.34. The molecule has 1 heterocycles. The number of hydrogen-bond donors (Lipinski definition) is 2. The fourth-order valence-corrected chi connectivity index (χ4v) is 2.48. The monoisotopic (exact) mass is 278 g/mol. The van der Waals surface area contributed by atoms with Gasteiger partial charge in [0.05, 0.1) is 0 Å². The van der Waals surface area contributed by atoms with Crippen molar-refractivity contribution in [1.29, 1.82) is 0 Å². The number of nitrogens with zero attached hydrogens (tertiary/aromatic N) is 1. The van der Waals surface area contributed by atoms with Crippen molar-refractivity contribution in [1.82, 2.24) is 10.2 Å². The molecule has 0 bridgehead atoms. The zero-order valence-electron chi connectivity index (χ0n) is 10.9. The average Bonchev–Trinajstić information content (AvgIpc) is 2.46. The van der Waals surface area contributed by atoms with Gasteiger partial charge < -0.3 is 10.2 Å². The molecule has 0 spiro atoms. The van der Waals surface area contributed by atoms with E-state index in [1.54, 1.807) is 19.2 Å². The van der Waals surface area contributed by atoms with Gasteiger partial charge in [0.2, 0.25) is 5.91 Å². The molecule has 1 aromatic carbocycles. The molecule has 0 radical (unpaired) electrons. The van der Waals surface area contributed by atoms with E-state index >= 15 is 0 Å². The molecule has 102 valence electrons. The molecule has 1 aliphatic heterocycles. The van der Waals surface area contributed by atoms with E-state index in [9.17, 15) is 9.59 Å². The van der Waals surface area contributed by atoms with Crippen molar-refractivity contribution < 1.29 is 9.59 Å². The quantitative estimate of drug-likeness (QED) is 0.807. The second-order valence-corrected chi connectivity index (χ2v) is 5.24. The number of hydrogen-bond acceptors (Lipinski definition) is 3. The highest BCUT2D eigenvalue weighted by atomic mass is 32.1. The van der Waals surface area contributed by atoms with Crippen LogP contribution in [0.2, 0.25) is 0 Å². The summed E-state index contributed by atoms with van der Waals surface area (Å²) in [6.45, 7) is 1.28. The molecule has 4 nitrogen and oxygen atoms in total. The van der Waals surface area contributed by atoms with Crippen LogP contribution in [0.25, 0.3) is 0 Å². The lowest BCUT2D eigenvalue weighted by Gasteiger charge is -2.31. The van der Waals surface area contributed by atoms with Crippen LogP contribution < -0.4 is 5.32 Å². The number of carbonyl (C=O) groups excluding carboxylic acids is 2. The second kappa shape index (κ2) is 6.10. The van der Waals surface area contributed by atoms with Crippen LogP contribution in [-0.4, -0.2) is 36.9 Å². The Morgan fingerprint density at radius 1 is 1.21 bits per heavy atom. The summed E-state index contributed by atoms with van der Waals surface area (Å²) in [5.74, 6) is 0.143. The summed E-state index contributed by atoms with van der Waals surface area (Å²) in [6, 6.07) is 7.20. The van der Waals surface area contributed by atoms with E-state index < -0.39 is 0 Å². The van der Waals surface area contributed by atoms with Crippen molar-refractivity contribution in [3.8, 4) is 0 Å². The number of piperidine rings is 1. The molecule has 1 saturated heterocycles. The van der Waals surface area contributed by atoms with Crippen LogP contribution in [0, 0.1) is 5.92 Å². The predicted octanol–water partition coefficient (Wildman–Crippen LogP) is 1.57. The van der Waals surface area contributed by atoms with E-state index in [-0.39, 0.29) is 17.7 Å². The first kappa shape index (κ1) is 13.9. The van der Waals surface area contributed by atoms with Gasteiger partial charge in [-0.15, -0.1) is 12.6 Å². The Hall–Kier alpha value is -1.49. The molecule has 2 rings (SSSR count). The molecular weight excluding hydrogens is 260 g/mol. The number of nitrogens with one attached hydrogen (secondary N) is 1. The van der Waals surface area contributed by atoms with E-state index in [0.29, 0.717) is 18.7 Å². The van der Waals surface area contributed by atoms with Crippen molar-refractivity contribution >= 4 is 24.4 Å². The molecule has 19 heavy (non-hydrogen) atoms. The van der Waals surface area contributed by atoms with Gasteiger partial charge in [-0.3, -0.25) is 9.59 Å². The van der Waals surface area contributed by atoms with E-state index in [0.717, 1.165) is 17.7 Å². The normalized spacial score (nSPS) is 16.2. The summed E-state index contributed by atoms with van der Waals surface area (Å²) >= 11 is 4.20. The molecule has 1 aliphatic rings. The van der Waals surface area contributed by atoms with E-state index in [1.807, 2.05) is 17.0 Å². The third-order valence-corrected chi connectivity index (χ3v) is 3.81. The second-order valence-electron chi connectivity index (χ2n) is 4.73. The van der Waals surface area contributed by atoms with Crippen molar-refractivity contribution in [3.05, 3.63) is 29.8 Å². The van der Waals surface area contributed by atoms with E-state index in [1.165, 1.54) is 0 Å². The molecule has 1 fully saturated rings. The minimum Gasteiger partial charge on any atom is -0.359 e. The number of likely N-dealkylation sites (tertiary alicyclic amines) is 1. The van der Waals surface area contributed by atoms with Gasteiger partial charge in [-0.25, -0.2) is 0 Å². The summed E-state index contributed by atoms with van der Waals surface area (Å²) in [5, 5.41) is 2.67. The lowest BCUT2D eigenvalue weighted by Crippen LogP contribution is -2.42. The van der Waals surface area contributed by atoms with Crippen LogP contribution in [0.3, 0.4) is 0 Å². The number of carbonyl (C=O) groups is 2. The van der Waals surface area contributed by atoms with Gasteiger partial charge in [0, 0.05) is 36.5 Å². The van der Waals surface area contributed by atoms with Crippen molar-refractivity contribution in [2.45, 2.75) is 17.7 Å². The zero-order valence-corrected chi connectivity index (χ0v) is 11.8. The molecule has 2 amide bonds. The van der Waals surface area contributed by atoms with Gasteiger partial charge in [0.25, 0.3) is 5.91 Å². The van der Waals surface area contributed by atoms with Gasteiger partial charge >= 0.3 is 0 Å². The minimum atomic E-state index is 0.0312. The van der Waals surface area contributed by atoms with Crippen LogP contribution >= 0.6 is 12.6 Å². The van der Waals surface area contributed by atoms with Gasteiger partial charge in [-0.2, -0.15) is 0 Å². The highest BCUT2D eigenvalue weighted by molar-refractivity contribution is 7.80. The van der Waals surface area contributed by atoms with Crippen LogP contribution in [-0.2, 0) is 4.79 Å². The summed E-state index contributed by atoms with van der Waals surface area (Å²) in [7, 11) is 1.65. The largest absolute Gasteiger partial charge is 0.359 e. The molecule has 0 aliphatic carbocycles. The number of benzene rings is 1. The van der Waals surface area contributed by atoms with E-state index in [2.05, 4.69) is 17.9 Å². The molecule has 5 heteroatoms. The Morgan fingerprint density at radius 2 is 1.79 bits per heavy atom. The van der Waals surface area contributed by atoms with Crippen LogP contribution in [0.5, 0.6) is 0 Å². The highest BCUT2D eigenvalue weighted by Crippen LogP contribution is 2.19. The summed E-state index contributed by atoms with van der Waals surface area (Å²) in [4.78, 5) is 26.4. The van der Waals surface area contributed by atoms with Gasteiger partial charge in [0.15, 0.2) is 0 Å². The Labute approximate surface area is 118 Å². The Balaban J connectivity index is 1.96. The number of rotatable bonds is 2. The van der Waals surface area contributed by atoms with Crippen molar-refractivity contribution in [3.63, 3.8) is 0 Å². The molecule has 0 unspecified atom stereocenters. The first-order chi connectivity index (χ1) is 9.11. The summed E-state index contributed by atoms with van der Waals surface area (Å²) in [5.41, 5.74) is 0.677. The molecule has 0 atom stereocenters. The first-order valence-electron chi connectivity index (χ1n) is 6.41. The first-order valence-corrected chi connectivity index (χ1v) is 6.86. The minimum absolute atomic E-state index is 0.0312. The van der Waals surface area contributed by atoms with Crippen molar-refractivity contribution in [2.24, 2.45) is 5.92 Å². The smallest absolute Gasteiger partial charge is 0.253 e. The third kappa shape index (κ3) is 3.29. The number of amides is 2. The van der Waals surface area contributed by atoms with Crippen molar-refractivity contribution in [2.75, 3.05) is 20.1 Å². The van der Waals surface area contributed by atoms with Gasteiger partial charge in [-0.1, -0.05) is 0 Å². The van der Waals surface area contributed by atoms with Gasteiger partial charge in [0.1, 0.15) is 0 Å². The third-order valence-electron chi connectivity index (χ3n) is 3.51. The average molecular weight is 278 g/mol. The lowest BCUT2D eigenvalue weighted by atomic mass is 9.95. The topological polar surface area (TPSA) is 49.4 Å². The molecule has 0 aromatic heterocycles. The molecule has 1 aromatic rings. The van der Waals surface area contributed by atoms with Crippen LogP contribution in [0.15, 0.2) is 29.2 Å². The summed E-state index contributed by atoms with van der Waals surface area (Å²) in [6.07, 6.45) is 1.46. The maximum Gasteiger partial charge on any atom is 0.253 e. The van der Waals surface area contributed by atoms with E-state index in [4.69, 9.17) is 0 Å². The SMILES string of the molecule is CNC(=O)C1CCN(C(=O)c2ccc(S)cc2)CC1. The Morgan fingerprint density at radius 3 is 2.32 bits per heavy atom. The van der Waals surface area contributed by atoms with Crippen LogP contribution in [0.4, 0.5) is 0 Å². The lowest BCUT2D eigenvalue weighted by molar-refractivity contribution is -0.125. The predicted molar refractivity (Wildman–Crippen MR) is 76.4 cm³/mol. The zero-order chi connectivity index (χ0) is 13.8. The van der Waals surface area contributed by atoms with Crippen LogP contribution in [0.1, 0.15) is 23.2 Å². The summed E-state index contributed by atoms with van der Waals surface area (Å²) < 4.78 is 0. The fraction of sp³-hybridized carbons (Fsp3) is 0.429. The maximum atomic E-state index is 12.3. The molecular formula is C14H18N2O2S. The maximum absolute atomic E-state index is 12.3.